The summed E-state index contributed by atoms with van der Waals surface area (Å²) in [6, 6.07) is 10.5. The fourth-order valence-electron chi connectivity index (χ4n) is 2.24. The molecule has 27 heavy (non-hydrogen) atoms. The summed E-state index contributed by atoms with van der Waals surface area (Å²) in [4.78, 5) is 22.7. The molecule has 8 nitrogen and oxygen atoms in total. The van der Waals surface area contributed by atoms with Gasteiger partial charge in [-0.1, -0.05) is 18.2 Å². The van der Waals surface area contributed by atoms with Crippen molar-refractivity contribution in [2.45, 2.75) is 11.8 Å². The molecular weight excluding hydrogens is 370 g/mol. The van der Waals surface area contributed by atoms with Crippen LogP contribution in [0.5, 0.6) is 0 Å². The average molecular weight is 389 g/mol. The number of rotatable bonds is 6. The standard InChI is InChI=1S/C18H19N3O5S/c1-13-8-10-15(27(25,26)20(2)3)12-16(13)19-18(22)11-9-14-6-4-5-7-17(14)21(23)24/h4-12H,1-3H3,(H,19,22)/b11-9+. The van der Waals surface area contributed by atoms with E-state index in [-0.39, 0.29) is 10.6 Å². The van der Waals surface area contributed by atoms with E-state index in [9.17, 15) is 23.3 Å². The number of hydrogen-bond acceptors (Lipinski definition) is 5. The summed E-state index contributed by atoms with van der Waals surface area (Å²) in [7, 11) is -0.794. The van der Waals surface area contributed by atoms with E-state index >= 15 is 0 Å². The first-order chi connectivity index (χ1) is 12.6. The normalized spacial score (nSPS) is 11.7. The van der Waals surface area contributed by atoms with Gasteiger partial charge in [-0.2, -0.15) is 0 Å². The summed E-state index contributed by atoms with van der Waals surface area (Å²) in [5, 5.41) is 13.6. The molecule has 0 saturated heterocycles. The van der Waals surface area contributed by atoms with Crippen LogP contribution in [0.2, 0.25) is 0 Å². The number of nitrogens with zero attached hydrogens (tertiary/aromatic N) is 2. The number of para-hydroxylation sites is 1. The van der Waals surface area contributed by atoms with Gasteiger partial charge in [0.2, 0.25) is 15.9 Å². The molecule has 0 aliphatic heterocycles. The Morgan fingerprint density at radius 2 is 1.85 bits per heavy atom. The lowest BCUT2D eigenvalue weighted by atomic mass is 10.1. The molecule has 1 N–H and O–H groups in total. The lowest BCUT2D eigenvalue weighted by Crippen LogP contribution is -2.22. The Kier molecular flexibility index (Phi) is 6.09. The molecule has 2 aromatic carbocycles. The molecule has 2 aromatic rings. The van der Waals surface area contributed by atoms with Crippen molar-refractivity contribution < 1.29 is 18.1 Å². The first-order valence-corrected chi connectivity index (χ1v) is 9.32. The summed E-state index contributed by atoms with van der Waals surface area (Å²) in [5.41, 5.74) is 1.20. The Labute approximate surface area is 157 Å². The van der Waals surface area contributed by atoms with Gasteiger partial charge in [-0.25, -0.2) is 12.7 Å². The number of anilines is 1. The first-order valence-electron chi connectivity index (χ1n) is 7.88. The van der Waals surface area contributed by atoms with Crippen LogP contribution in [0.3, 0.4) is 0 Å². The fourth-order valence-corrected chi connectivity index (χ4v) is 3.17. The Bertz CT molecular complexity index is 1010. The molecule has 0 aliphatic rings. The topological polar surface area (TPSA) is 110 Å². The van der Waals surface area contributed by atoms with Crippen LogP contribution in [0, 0.1) is 17.0 Å². The van der Waals surface area contributed by atoms with Gasteiger partial charge >= 0.3 is 0 Å². The molecule has 2 rings (SSSR count). The van der Waals surface area contributed by atoms with Crippen LogP contribution in [0.4, 0.5) is 11.4 Å². The third-order valence-electron chi connectivity index (χ3n) is 3.79. The van der Waals surface area contributed by atoms with E-state index < -0.39 is 20.9 Å². The van der Waals surface area contributed by atoms with E-state index in [0.717, 1.165) is 10.4 Å². The molecule has 0 spiro atoms. The molecule has 142 valence electrons. The number of nitro groups is 1. The number of benzene rings is 2. The fraction of sp³-hybridized carbons (Fsp3) is 0.167. The maximum atomic E-state index is 12.2. The molecule has 9 heteroatoms. The van der Waals surface area contributed by atoms with Crippen LogP contribution < -0.4 is 5.32 Å². The van der Waals surface area contributed by atoms with Gasteiger partial charge in [0, 0.05) is 31.9 Å². The first kappa shape index (κ1) is 20.3. The van der Waals surface area contributed by atoms with Gasteiger partial charge in [-0.3, -0.25) is 14.9 Å². The zero-order valence-electron chi connectivity index (χ0n) is 15.0. The Balaban J connectivity index is 2.25. The molecule has 0 aromatic heterocycles. The van der Waals surface area contributed by atoms with E-state index in [1.807, 2.05) is 0 Å². The van der Waals surface area contributed by atoms with Crippen molar-refractivity contribution in [2.75, 3.05) is 19.4 Å². The van der Waals surface area contributed by atoms with Gasteiger partial charge in [-0.15, -0.1) is 0 Å². The maximum Gasteiger partial charge on any atom is 0.276 e. The number of amides is 1. The number of carbonyl (C=O) groups is 1. The van der Waals surface area contributed by atoms with Gasteiger partial charge < -0.3 is 5.32 Å². The summed E-state index contributed by atoms with van der Waals surface area (Å²) >= 11 is 0. The lowest BCUT2D eigenvalue weighted by Gasteiger charge is -2.14. The van der Waals surface area contributed by atoms with Crippen LogP contribution >= 0.6 is 0 Å². The molecule has 0 fully saturated rings. The van der Waals surface area contributed by atoms with Gasteiger partial charge in [0.15, 0.2) is 0 Å². The SMILES string of the molecule is Cc1ccc(S(=O)(=O)N(C)C)cc1NC(=O)/C=C/c1ccccc1[N+](=O)[O-]. The monoisotopic (exact) mass is 389 g/mol. The summed E-state index contributed by atoms with van der Waals surface area (Å²) in [6.45, 7) is 1.73. The zero-order valence-corrected chi connectivity index (χ0v) is 15.9. The molecule has 0 aliphatic carbocycles. The van der Waals surface area contributed by atoms with E-state index in [1.54, 1.807) is 19.1 Å². The third kappa shape index (κ3) is 4.78. The highest BCUT2D eigenvalue weighted by Crippen LogP contribution is 2.22. The van der Waals surface area contributed by atoms with Crippen molar-refractivity contribution in [1.29, 1.82) is 0 Å². The van der Waals surface area contributed by atoms with Gasteiger partial charge in [0.1, 0.15) is 0 Å². The van der Waals surface area contributed by atoms with Crippen molar-refractivity contribution >= 4 is 33.4 Å². The van der Waals surface area contributed by atoms with Gasteiger partial charge in [0.05, 0.1) is 15.4 Å². The summed E-state index contributed by atoms with van der Waals surface area (Å²) in [6.07, 6.45) is 2.50. The smallest absolute Gasteiger partial charge is 0.276 e. The van der Waals surface area contributed by atoms with Gasteiger partial charge in [0.25, 0.3) is 5.69 Å². The molecule has 0 saturated carbocycles. The van der Waals surface area contributed by atoms with E-state index in [0.29, 0.717) is 16.8 Å². The van der Waals surface area contributed by atoms with Crippen LogP contribution in [0.25, 0.3) is 6.08 Å². The quantitative estimate of drug-likeness (QED) is 0.464. The number of nitrogens with one attached hydrogen (secondary N) is 1. The van der Waals surface area contributed by atoms with Crippen LogP contribution in [0.1, 0.15) is 11.1 Å². The van der Waals surface area contributed by atoms with E-state index in [4.69, 9.17) is 0 Å². The van der Waals surface area contributed by atoms with E-state index in [1.165, 1.54) is 50.5 Å². The Morgan fingerprint density at radius 1 is 1.19 bits per heavy atom. The van der Waals surface area contributed by atoms with Crippen molar-refractivity contribution in [1.82, 2.24) is 4.31 Å². The highest BCUT2D eigenvalue weighted by Gasteiger charge is 2.18. The summed E-state index contributed by atoms with van der Waals surface area (Å²) in [5.74, 6) is -0.532. The minimum absolute atomic E-state index is 0.0519. The molecular formula is C18H19N3O5S. The number of hydrogen-bond donors (Lipinski definition) is 1. The molecule has 1 amide bonds. The predicted octanol–water partition coefficient (Wildman–Crippen LogP) is 2.81. The average Bonchev–Trinajstić information content (AvgIpc) is 2.61. The number of aryl methyl sites for hydroxylation is 1. The largest absolute Gasteiger partial charge is 0.322 e. The number of carbonyl (C=O) groups excluding carboxylic acids is 1. The summed E-state index contributed by atoms with van der Waals surface area (Å²) < 4.78 is 25.5. The maximum absolute atomic E-state index is 12.2. The van der Waals surface area contributed by atoms with Crippen LogP contribution in [-0.4, -0.2) is 37.6 Å². The molecule has 0 unspecified atom stereocenters. The van der Waals surface area contributed by atoms with Crippen LogP contribution in [-0.2, 0) is 14.8 Å². The van der Waals surface area contributed by atoms with Crippen LogP contribution in [0.15, 0.2) is 53.4 Å². The zero-order chi connectivity index (χ0) is 20.2. The lowest BCUT2D eigenvalue weighted by molar-refractivity contribution is -0.385. The second-order valence-corrected chi connectivity index (χ2v) is 8.05. The molecule has 0 atom stereocenters. The highest BCUT2D eigenvalue weighted by molar-refractivity contribution is 7.89. The molecule has 0 radical (unpaired) electrons. The molecule has 0 bridgehead atoms. The van der Waals surface area contributed by atoms with Crippen molar-refractivity contribution in [3.05, 3.63) is 69.8 Å². The highest BCUT2D eigenvalue weighted by atomic mass is 32.2. The third-order valence-corrected chi connectivity index (χ3v) is 5.60. The minimum Gasteiger partial charge on any atom is -0.322 e. The van der Waals surface area contributed by atoms with E-state index in [2.05, 4.69) is 5.32 Å². The Morgan fingerprint density at radius 3 is 2.48 bits per heavy atom. The Hall–Kier alpha value is -3.04. The minimum atomic E-state index is -3.63. The number of nitro benzene ring substituents is 1. The van der Waals surface area contributed by atoms with Crippen molar-refractivity contribution in [2.24, 2.45) is 0 Å². The molecule has 0 heterocycles. The number of sulfonamides is 1. The van der Waals surface area contributed by atoms with Crippen molar-refractivity contribution in [3.8, 4) is 0 Å². The second-order valence-electron chi connectivity index (χ2n) is 5.90. The second kappa shape index (κ2) is 8.11. The van der Waals surface area contributed by atoms with Crippen molar-refractivity contribution in [3.63, 3.8) is 0 Å². The van der Waals surface area contributed by atoms with Gasteiger partial charge in [-0.05, 0) is 36.8 Å². The predicted molar refractivity (Wildman–Crippen MR) is 103 cm³/mol.